The van der Waals surface area contributed by atoms with Gasteiger partial charge in [-0.2, -0.15) is 0 Å². The number of aliphatic hydroxyl groups is 1. The van der Waals surface area contributed by atoms with Gasteiger partial charge in [-0.15, -0.1) is 5.10 Å². The number of aromatic nitrogens is 3. The average molecular weight is 312 g/mol. The Balaban J connectivity index is 2.42. The number of hydrogen-bond donors (Lipinski definition) is 2. The van der Waals surface area contributed by atoms with Gasteiger partial charge in [-0.3, -0.25) is 0 Å². The Bertz CT molecular complexity index is 627. The normalized spacial score (nSPS) is 12.3. The molecule has 1 heterocycles. The van der Waals surface area contributed by atoms with E-state index in [0.29, 0.717) is 16.3 Å². The Morgan fingerprint density at radius 3 is 2.67 bits per heavy atom. The summed E-state index contributed by atoms with van der Waals surface area (Å²) in [6.45, 7) is 0.189. The Morgan fingerprint density at radius 2 is 2.10 bits per heavy atom. The van der Waals surface area contributed by atoms with Gasteiger partial charge in [0.2, 0.25) is 0 Å². The Hall–Kier alpha value is -1.96. The number of benzene rings is 1. The van der Waals surface area contributed by atoms with Gasteiger partial charge in [0.25, 0.3) is 0 Å². The molecular formula is C13H14ClN3O4. The van der Waals surface area contributed by atoms with Crippen LogP contribution in [0.25, 0.3) is 11.3 Å². The summed E-state index contributed by atoms with van der Waals surface area (Å²) in [5, 5.41) is 27.0. The van der Waals surface area contributed by atoms with E-state index in [4.69, 9.17) is 16.3 Å². The average Bonchev–Trinajstić information content (AvgIpc) is 2.83. The maximum Gasteiger partial charge on any atom is 0.358 e. The Morgan fingerprint density at radius 1 is 1.43 bits per heavy atom. The van der Waals surface area contributed by atoms with Gasteiger partial charge in [-0.25, -0.2) is 9.48 Å². The molecule has 7 nitrogen and oxygen atoms in total. The van der Waals surface area contributed by atoms with Crippen LogP contribution >= 0.6 is 11.6 Å². The van der Waals surface area contributed by atoms with E-state index in [0.717, 1.165) is 0 Å². The smallest absolute Gasteiger partial charge is 0.358 e. The molecule has 2 aromatic rings. The van der Waals surface area contributed by atoms with Crippen LogP contribution in [0.5, 0.6) is 0 Å². The number of aliphatic hydroxyl groups excluding tert-OH is 1. The number of nitrogens with zero attached hydrogens (tertiary/aromatic N) is 3. The van der Waals surface area contributed by atoms with Crippen molar-refractivity contribution in [2.24, 2.45) is 0 Å². The van der Waals surface area contributed by atoms with Crippen LogP contribution in [-0.2, 0) is 11.3 Å². The van der Waals surface area contributed by atoms with Gasteiger partial charge in [0, 0.05) is 17.7 Å². The highest BCUT2D eigenvalue weighted by molar-refractivity contribution is 6.30. The molecule has 1 atom stereocenters. The fourth-order valence-electron chi connectivity index (χ4n) is 1.92. The molecule has 0 aliphatic rings. The van der Waals surface area contributed by atoms with Crippen LogP contribution in [0.4, 0.5) is 0 Å². The van der Waals surface area contributed by atoms with Crippen molar-refractivity contribution in [2.45, 2.75) is 12.6 Å². The summed E-state index contributed by atoms with van der Waals surface area (Å²) in [5.41, 5.74) is 0.739. The van der Waals surface area contributed by atoms with Gasteiger partial charge in [-0.1, -0.05) is 28.9 Å². The van der Waals surface area contributed by atoms with E-state index in [-0.39, 0.29) is 18.8 Å². The second kappa shape index (κ2) is 6.66. The summed E-state index contributed by atoms with van der Waals surface area (Å²) in [6.07, 6.45) is -0.815. The minimum Gasteiger partial charge on any atom is -0.476 e. The second-order valence-electron chi connectivity index (χ2n) is 4.39. The molecule has 112 valence electrons. The predicted octanol–water partition coefficient (Wildman–Crippen LogP) is 1.30. The standard InChI is InChI=1S/C13H14ClN3O4/c1-21-7-10(18)6-17-12(11(13(19)20)15-16-17)8-2-4-9(14)5-3-8/h2-5,10,18H,6-7H2,1H3,(H,19,20). The van der Waals surface area contributed by atoms with E-state index in [9.17, 15) is 15.0 Å². The van der Waals surface area contributed by atoms with Crippen LogP contribution in [0.2, 0.25) is 5.02 Å². The molecule has 0 bridgehead atoms. The molecule has 0 aliphatic carbocycles. The highest BCUT2D eigenvalue weighted by Crippen LogP contribution is 2.24. The molecule has 0 saturated carbocycles. The molecule has 1 aromatic heterocycles. The molecular weight excluding hydrogens is 298 g/mol. The number of carboxylic acid groups (broad SMARTS) is 1. The van der Waals surface area contributed by atoms with Crippen molar-refractivity contribution in [1.82, 2.24) is 15.0 Å². The molecule has 0 fully saturated rings. The molecule has 2 rings (SSSR count). The first-order valence-electron chi connectivity index (χ1n) is 6.12. The van der Waals surface area contributed by atoms with E-state index in [2.05, 4.69) is 10.3 Å². The number of aromatic carboxylic acids is 1. The first-order valence-corrected chi connectivity index (χ1v) is 6.50. The molecule has 0 saturated heterocycles. The van der Waals surface area contributed by atoms with Crippen molar-refractivity contribution in [3.63, 3.8) is 0 Å². The Labute approximate surface area is 125 Å². The summed E-state index contributed by atoms with van der Waals surface area (Å²) < 4.78 is 6.19. The summed E-state index contributed by atoms with van der Waals surface area (Å²) in [7, 11) is 1.47. The predicted molar refractivity (Wildman–Crippen MR) is 75.3 cm³/mol. The number of carboxylic acids is 1. The van der Waals surface area contributed by atoms with Crippen LogP contribution in [0.3, 0.4) is 0 Å². The third-order valence-corrected chi connectivity index (χ3v) is 3.05. The maximum atomic E-state index is 11.3. The summed E-state index contributed by atoms with van der Waals surface area (Å²) in [4.78, 5) is 11.3. The number of rotatable bonds is 6. The third kappa shape index (κ3) is 3.57. The number of ether oxygens (including phenoxy) is 1. The van der Waals surface area contributed by atoms with Crippen LogP contribution in [0.1, 0.15) is 10.5 Å². The molecule has 0 radical (unpaired) electrons. The van der Waals surface area contributed by atoms with E-state index < -0.39 is 12.1 Å². The molecule has 0 aliphatic heterocycles. The summed E-state index contributed by atoms with van der Waals surface area (Å²) in [6, 6.07) is 6.64. The molecule has 0 spiro atoms. The van der Waals surface area contributed by atoms with E-state index >= 15 is 0 Å². The van der Waals surface area contributed by atoms with E-state index in [1.165, 1.54) is 11.8 Å². The van der Waals surface area contributed by atoms with Gasteiger partial charge in [-0.05, 0) is 12.1 Å². The second-order valence-corrected chi connectivity index (χ2v) is 4.83. The molecule has 1 unspecified atom stereocenters. The van der Waals surface area contributed by atoms with Gasteiger partial charge in [0.1, 0.15) is 5.69 Å². The lowest BCUT2D eigenvalue weighted by Gasteiger charge is -2.12. The lowest BCUT2D eigenvalue weighted by atomic mass is 10.1. The van der Waals surface area contributed by atoms with Crippen molar-refractivity contribution in [3.8, 4) is 11.3 Å². The van der Waals surface area contributed by atoms with Crippen molar-refractivity contribution < 1.29 is 19.7 Å². The molecule has 0 amide bonds. The first-order chi connectivity index (χ1) is 10.0. The zero-order chi connectivity index (χ0) is 15.4. The minimum atomic E-state index is -1.19. The number of methoxy groups -OCH3 is 1. The SMILES string of the molecule is COCC(O)Cn1nnc(C(=O)O)c1-c1ccc(Cl)cc1. The summed E-state index contributed by atoms with van der Waals surface area (Å²) >= 11 is 5.83. The van der Waals surface area contributed by atoms with Gasteiger partial charge >= 0.3 is 5.97 Å². The van der Waals surface area contributed by atoms with Crippen LogP contribution in [-0.4, -0.2) is 51.0 Å². The lowest BCUT2D eigenvalue weighted by molar-refractivity contribution is 0.0513. The maximum absolute atomic E-state index is 11.3. The van der Waals surface area contributed by atoms with E-state index in [1.807, 2.05) is 0 Å². The molecule has 1 aromatic carbocycles. The van der Waals surface area contributed by atoms with Gasteiger partial charge in [0.15, 0.2) is 5.69 Å². The molecule has 21 heavy (non-hydrogen) atoms. The highest BCUT2D eigenvalue weighted by Gasteiger charge is 2.21. The number of hydrogen-bond acceptors (Lipinski definition) is 5. The largest absolute Gasteiger partial charge is 0.476 e. The number of carbonyl (C=O) groups is 1. The fourth-order valence-corrected chi connectivity index (χ4v) is 2.05. The van der Waals surface area contributed by atoms with Crippen molar-refractivity contribution in [1.29, 1.82) is 0 Å². The highest BCUT2D eigenvalue weighted by atomic mass is 35.5. The molecule has 8 heteroatoms. The minimum absolute atomic E-state index is 0.0755. The van der Waals surface area contributed by atoms with Crippen molar-refractivity contribution in [2.75, 3.05) is 13.7 Å². The van der Waals surface area contributed by atoms with E-state index in [1.54, 1.807) is 24.3 Å². The number of halogens is 1. The quantitative estimate of drug-likeness (QED) is 0.834. The monoisotopic (exact) mass is 311 g/mol. The zero-order valence-electron chi connectivity index (χ0n) is 11.2. The fraction of sp³-hybridized carbons (Fsp3) is 0.308. The van der Waals surface area contributed by atoms with Crippen LogP contribution < -0.4 is 0 Å². The van der Waals surface area contributed by atoms with Crippen molar-refractivity contribution in [3.05, 3.63) is 35.0 Å². The zero-order valence-corrected chi connectivity index (χ0v) is 12.0. The first kappa shape index (κ1) is 15.4. The molecule has 2 N–H and O–H groups in total. The third-order valence-electron chi connectivity index (χ3n) is 2.80. The van der Waals surface area contributed by atoms with Crippen LogP contribution in [0.15, 0.2) is 24.3 Å². The summed E-state index contributed by atoms with van der Waals surface area (Å²) in [5.74, 6) is -1.19. The topological polar surface area (TPSA) is 97.5 Å². The van der Waals surface area contributed by atoms with Crippen molar-refractivity contribution >= 4 is 17.6 Å². The lowest BCUT2D eigenvalue weighted by Crippen LogP contribution is -2.22. The Kier molecular flexibility index (Phi) is 4.89. The van der Waals surface area contributed by atoms with Gasteiger partial charge < -0.3 is 14.9 Å². The van der Waals surface area contributed by atoms with Crippen LogP contribution in [0, 0.1) is 0 Å². The van der Waals surface area contributed by atoms with Gasteiger partial charge in [0.05, 0.1) is 19.3 Å².